The molecule has 1 aliphatic rings. The fourth-order valence-electron chi connectivity index (χ4n) is 2.73. The molecule has 3 rings (SSSR count). The number of amides is 1. The van der Waals surface area contributed by atoms with Gasteiger partial charge < -0.3 is 14.4 Å². The van der Waals surface area contributed by atoms with Crippen molar-refractivity contribution >= 4 is 5.91 Å². The molecule has 0 radical (unpaired) electrons. The van der Waals surface area contributed by atoms with E-state index in [9.17, 15) is 22.4 Å². The first kappa shape index (κ1) is 19.2. The molecule has 0 bridgehead atoms. The summed E-state index contributed by atoms with van der Waals surface area (Å²) in [6, 6.07) is 7.71. The van der Waals surface area contributed by atoms with Crippen LogP contribution in [0.4, 0.5) is 17.6 Å². The maximum absolute atomic E-state index is 13.9. The summed E-state index contributed by atoms with van der Waals surface area (Å²) in [5.74, 6) is -7.60. The van der Waals surface area contributed by atoms with E-state index >= 15 is 0 Å². The Kier molecular flexibility index (Phi) is 5.65. The zero-order valence-corrected chi connectivity index (χ0v) is 14.5. The van der Waals surface area contributed by atoms with Crippen molar-refractivity contribution in [2.24, 2.45) is 0 Å². The van der Waals surface area contributed by atoms with Crippen LogP contribution in [0, 0.1) is 30.2 Å². The normalized spacial score (nSPS) is 17.1. The van der Waals surface area contributed by atoms with E-state index in [2.05, 4.69) is 0 Å². The largest absolute Gasteiger partial charge is 0.491 e. The highest BCUT2D eigenvalue weighted by atomic mass is 19.2. The van der Waals surface area contributed by atoms with E-state index in [4.69, 9.17) is 9.47 Å². The van der Waals surface area contributed by atoms with Gasteiger partial charge in [-0.2, -0.15) is 0 Å². The number of hydrogen-bond acceptors (Lipinski definition) is 3. The average molecular weight is 383 g/mol. The van der Waals surface area contributed by atoms with Gasteiger partial charge in [0.15, 0.2) is 23.3 Å². The molecule has 1 amide bonds. The molecule has 0 N–H and O–H groups in total. The highest BCUT2D eigenvalue weighted by Crippen LogP contribution is 2.21. The molecule has 1 aliphatic heterocycles. The molecule has 1 atom stereocenters. The minimum absolute atomic E-state index is 0.0464. The number of morpholine rings is 1. The Bertz CT molecular complexity index is 842. The van der Waals surface area contributed by atoms with Crippen LogP contribution in [-0.4, -0.2) is 43.2 Å². The van der Waals surface area contributed by atoms with Crippen molar-refractivity contribution in [3.63, 3.8) is 0 Å². The van der Waals surface area contributed by atoms with Crippen molar-refractivity contribution in [1.82, 2.24) is 4.90 Å². The lowest BCUT2D eigenvalue weighted by atomic mass is 10.1. The van der Waals surface area contributed by atoms with Crippen molar-refractivity contribution in [3.05, 3.63) is 64.7 Å². The molecule has 2 aromatic carbocycles. The van der Waals surface area contributed by atoms with E-state index in [0.717, 1.165) is 5.56 Å². The van der Waals surface area contributed by atoms with E-state index in [0.29, 0.717) is 11.8 Å². The predicted octanol–water partition coefficient (Wildman–Crippen LogP) is 3.47. The molecule has 0 unspecified atom stereocenters. The van der Waals surface area contributed by atoms with Crippen molar-refractivity contribution in [2.75, 3.05) is 26.3 Å². The summed E-state index contributed by atoms with van der Waals surface area (Å²) in [6.45, 7) is 2.39. The number of nitrogens with zero attached hydrogens (tertiary/aromatic N) is 1. The Morgan fingerprint density at radius 2 is 1.85 bits per heavy atom. The molecule has 27 heavy (non-hydrogen) atoms. The van der Waals surface area contributed by atoms with Crippen LogP contribution in [0.2, 0.25) is 0 Å². The van der Waals surface area contributed by atoms with Gasteiger partial charge in [0.25, 0.3) is 5.91 Å². The summed E-state index contributed by atoms with van der Waals surface area (Å²) in [7, 11) is 0. The predicted molar refractivity (Wildman–Crippen MR) is 88.6 cm³/mol. The molecule has 1 saturated heterocycles. The summed E-state index contributed by atoms with van der Waals surface area (Å²) in [6.07, 6.45) is -0.498. The summed E-state index contributed by atoms with van der Waals surface area (Å²) < 4.78 is 64.8. The van der Waals surface area contributed by atoms with Crippen LogP contribution in [0.3, 0.4) is 0 Å². The van der Waals surface area contributed by atoms with Gasteiger partial charge in [-0.3, -0.25) is 4.79 Å². The third-order valence-electron chi connectivity index (χ3n) is 4.22. The lowest BCUT2D eigenvalue weighted by Gasteiger charge is -2.33. The van der Waals surface area contributed by atoms with Crippen molar-refractivity contribution in [1.29, 1.82) is 0 Å². The first-order valence-corrected chi connectivity index (χ1v) is 8.30. The second-order valence-corrected chi connectivity index (χ2v) is 6.22. The topological polar surface area (TPSA) is 38.8 Å². The van der Waals surface area contributed by atoms with Crippen LogP contribution in [0.15, 0.2) is 30.3 Å². The van der Waals surface area contributed by atoms with Gasteiger partial charge >= 0.3 is 0 Å². The molecule has 0 aliphatic carbocycles. The van der Waals surface area contributed by atoms with E-state index in [1.807, 2.05) is 19.1 Å². The van der Waals surface area contributed by atoms with Gasteiger partial charge in [0.05, 0.1) is 18.7 Å². The molecule has 0 spiro atoms. The van der Waals surface area contributed by atoms with Gasteiger partial charge in [0.1, 0.15) is 18.5 Å². The zero-order valence-electron chi connectivity index (χ0n) is 14.5. The van der Waals surface area contributed by atoms with E-state index in [-0.39, 0.29) is 26.3 Å². The number of benzene rings is 2. The van der Waals surface area contributed by atoms with E-state index < -0.39 is 40.8 Å². The molecule has 2 aromatic rings. The summed E-state index contributed by atoms with van der Waals surface area (Å²) in [5.41, 5.74) is 0.223. The lowest BCUT2D eigenvalue weighted by molar-refractivity contribution is -0.0402. The Labute approximate surface area is 153 Å². The van der Waals surface area contributed by atoms with Crippen LogP contribution >= 0.6 is 0 Å². The summed E-state index contributed by atoms with van der Waals surface area (Å²) in [4.78, 5) is 13.6. The number of carbonyl (C=O) groups is 1. The second kappa shape index (κ2) is 7.96. The van der Waals surface area contributed by atoms with Gasteiger partial charge in [0, 0.05) is 6.54 Å². The molecular weight excluding hydrogens is 366 g/mol. The molecular formula is C19H17F4NO3. The smallest absolute Gasteiger partial charge is 0.257 e. The van der Waals surface area contributed by atoms with Crippen molar-refractivity contribution in [2.45, 2.75) is 13.0 Å². The standard InChI is InChI=1S/C19H17F4NO3/c1-11-2-4-12(5-3-11)27-10-13-9-24(6-7-26-13)19(25)14-8-15(20)17(22)18(23)16(14)21/h2-5,8,13H,6-7,9-10H2,1H3/t13-/m1/s1. The van der Waals surface area contributed by atoms with Gasteiger partial charge in [-0.25, -0.2) is 17.6 Å². The van der Waals surface area contributed by atoms with Crippen LogP contribution in [-0.2, 0) is 4.74 Å². The zero-order chi connectivity index (χ0) is 19.6. The maximum atomic E-state index is 13.9. The molecule has 0 aromatic heterocycles. The minimum Gasteiger partial charge on any atom is -0.491 e. The maximum Gasteiger partial charge on any atom is 0.257 e. The molecule has 1 fully saturated rings. The van der Waals surface area contributed by atoms with Crippen molar-refractivity contribution in [3.8, 4) is 5.75 Å². The number of carbonyl (C=O) groups excluding carboxylic acids is 1. The fraction of sp³-hybridized carbons (Fsp3) is 0.316. The van der Waals surface area contributed by atoms with Gasteiger partial charge in [-0.15, -0.1) is 0 Å². The molecule has 144 valence electrons. The average Bonchev–Trinajstić information content (AvgIpc) is 2.68. The Hall–Kier alpha value is -2.61. The fourth-order valence-corrected chi connectivity index (χ4v) is 2.73. The van der Waals surface area contributed by atoms with Crippen molar-refractivity contribution < 1.29 is 31.8 Å². The highest BCUT2D eigenvalue weighted by Gasteiger charge is 2.30. The first-order chi connectivity index (χ1) is 12.9. The number of aryl methyl sites for hydroxylation is 1. The third-order valence-corrected chi connectivity index (χ3v) is 4.22. The van der Waals surface area contributed by atoms with Crippen LogP contribution < -0.4 is 4.74 Å². The first-order valence-electron chi connectivity index (χ1n) is 8.30. The molecule has 4 nitrogen and oxygen atoms in total. The van der Waals surface area contributed by atoms with Gasteiger partial charge in [-0.1, -0.05) is 17.7 Å². The second-order valence-electron chi connectivity index (χ2n) is 6.22. The van der Waals surface area contributed by atoms with Crippen LogP contribution in [0.1, 0.15) is 15.9 Å². The van der Waals surface area contributed by atoms with E-state index in [1.54, 1.807) is 12.1 Å². The summed E-state index contributed by atoms with van der Waals surface area (Å²) >= 11 is 0. The quantitative estimate of drug-likeness (QED) is 0.461. The van der Waals surface area contributed by atoms with Gasteiger partial charge in [-0.05, 0) is 25.1 Å². The Morgan fingerprint density at radius 1 is 1.15 bits per heavy atom. The number of rotatable bonds is 4. The molecule has 0 saturated carbocycles. The lowest BCUT2D eigenvalue weighted by Crippen LogP contribution is -2.47. The summed E-state index contributed by atoms with van der Waals surface area (Å²) in [5, 5.41) is 0. The van der Waals surface area contributed by atoms with E-state index in [1.165, 1.54) is 4.90 Å². The number of hydrogen-bond donors (Lipinski definition) is 0. The number of halogens is 4. The Morgan fingerprint density at radius 3 is 2.56 bits per heavy atom. The third kappa shape index (κ3) is 4.21. The molecule has 8 heteroatoms. The monoisotopic (exact) mass is 383 g/mol. The SMILES string of the molecule is Cc1ccc(OC[C@H]2CN(C(=O)c3cc(F)c(F)c(F)c3F)CCO2)cc1. The Balaban J connectivity index is 1.67. The number of ether oxygens (including phenoxy) is 2. The highest BCUT2D eigenvalue weighted by molar-refractivity contribution is 5.94. The van der Waals surface area contributed by atoms with Crippen LogP contribution in [0.25, 0.3) is 0 Å². The minimum atomic E-state index is -2.01. The molecule has 1 heterocycles. The van der Waals surface area contributed by atoms with Crippen LogP contribution in [0.5, 0.6) is 5.75 Å². The van der Waals surface area contributed by atoms with Gasteiger partial charge in [0.2, 0.25) is 0 Å².